The van der Waals surface area contributed by atoms with Crippen molar-refractivity contribution in [1.82, 2.24) is 9.97 Å². The van der Waals surface area contributed by atoms with Crippen LogP contribution >= 0.6 is 23.2 Å². The number of aryl methyl sites for hydroxylation is 1. The summed E-state index contributed by atoms with van der Waals surface area (Å²) in [4.78, 5) is 19.3. The van der Waals surface area contributed by atoms with Crippen LogP contribution in [-0.4, -0.2) is 15.9 Å². The fraction of sp³-hybridized carbons (Fsp3) is 0.263. The van der Waals surface area contributed by atoms with Crippen LogP contribution in [0.1, 0.15) is 36.9 Å². The predicted octanol–water partition coefficient (Wildman–Crippen LogP) is 5.32. The molecule has 1 aliphatic rings. The number of hydrogen-bond donors (Lipinski definition) is 3. The van der Waals surface area contributed by atoms with E-state index in [1.165, 1.54) is 12.5 Å². The van der Waals surface area contributed by atoms with Gasteiger partial charge in [-0.05, 0) is 54.7 Å². The highest BCUT2D eigenvalue weighted by atomic mass is 35.5. The number of nitrogens with zero attached hydrogens (tertiary/aromatic N) is 1. The van der Waals surface area contributed by atoms with Gasteiger partial charge in [0.25, 0.3) is 0 Å². The van der Waals surface area contributed by atoms with Crippen molar-refractivity contribution in [2.24, 2.45) is 0 Å². The van der Waals surface area contributed by atoms with Gasteiger partial charge in [0.05, 0.1) is 27.3 Å². The zero-order valence-corrected chi connectivity index (χ0v) is 15.7. The van der Waals surface area contributed by atoms with Crippen molar-refractivity contribution in [3.63, 3.8) is 0 Å². The Morgan fingerprint density at radius 2 is 2.08 bits per heavy atom. The van der Waals surface area contributed by atoms with E-state index in [4.69, 9.17) is 23.2 Å². The number of aromatic nitrogens is 2. The molecule has 0 fully saturated rings. The van der Waals surface area contributed by atoms with Gasteiger partial charge in [0, 0.05) is 6.92 Å². The van der Waals surface area contributed by atoms with Gasteiger partial charge in [-0.1, -0.05) is 29.3 Å². The summed E-state index contributed by atoms with van der Waals surface area (Å²) >= 11 is 12.4. The summed E-state index contributed by atoms with van der Waals surface area (Å²) in [6, 6.07) is 9.67. The molecule has 3 N–H and O–H groups in total. The molecule has 1 unspecified atom stereocenters. The molecule has 0 bridgehead atoms. The molecule has 7 heteroatoms. The van der Waals surface area contributed by atoms with Crippen LogP contribution in [0.4, 0.5) is 11.6 Å². The second kappa shape index (κ2) is 6.82. The molecule has 4 rings (SSSR count). The van der Waals surface area contributed by atoms with Crippen molar-refractivity contribution >= 4 is 51.8 Å². The van der Waals surface area contributed by atoms with Crippen LogP contribution < -0.4 is 10.6 Å². The number of fused-ring (bicyclic) bond motifs is 2. The fourth-order valence-electron chi connectivity index (χ4n) is 3.50. The number of nitrogens with one attached hydrogen (secondary N) is 3. The maximum atomic E-state index is 11.4. The molecule has 0 radical (unpaired) electrons. The van der Waals surface area contributed by atoms with Crippen molar-refractivity contribution in [1.29, 1.82) is 0 Å². The normalized spacial score (nSPS) is 16.3. The van der Waals surface area contributed by atoms with Gasteiger partial charge in [0.15, 0.2) is 0 Å². The molecule has 1 amide bonds. The number of anilines is 2. The first-order chi connectivity index (χ1) is 12.5. The highest BCUT2D eigenvalue weighted by Crippen LogP contribution is 2.37. The second-order valence-electron chi connectivity index (χ2n) is 6.52. The number of para-hydroxylation sites is 1. The standard InChI is InChI=1S/C19H18Cl2N4O/c1-10(26)22-16-6-3-7-17-18(16)25-19(24-17)23-15-5-2-4-11-8-13(20)14(21)9-12(11)15/h3,6-9,15H,2,4-5H2,1H3,(H,22,26)(H2,23,24,25). The first kappa shape index (κ1) is 17.2. The van der Waals surface area contributed by atoms with Gasteiger partial charge in [-0.25, -0.2) is 4.98 Å². The quantitative estimate of drug-likeness (QED) is 0.568. The Morgan fingerprint density at radius 1 is 1.27 bits per heavy atom. The van der Waals surface area contributed by atoms with Gasteiger partial charge < -0.3 is 15.6 Å². The number of amides is 1. The van der Waals surface area contributed by atoms with E-state index in [2.05, 4.69) is 20.6 Å². The summed E-state index contributed by atoms with van der Waals surface area (Å²) in [5.74, 6) is 0.546. The summed E-state index contributed by atoms with van der Waals surface area (Å²) in [6.07, 6.45) is 3.05. The number of benzene rings is 2. The molecule has 134 valence electrons. The molecule has 3 aromatic rings. The van der Waals surface area contributed by atoms with Crippen molar-refractivity contribution in [2.75, 3.05) is 10.6 Å². The Morgan fingerprint density at radius 3 is 2.88 bits per heavy atom. The van der Waals surface area contributed by atoms with Crippen LogP contribution in [-0.2, 0) is 11.2 Å². The van der Waals surface area contributed by atoms with E-state index < -0.39 is 0 Å². The van der Waals surface area contributed by atoms with Crippen LogP contribution in [0.2, 0.25) is 10.0 Å². The molecule has 5 nitrogen and oxygen atoms in total. The van der Waals surface area contributed by atoms with Crippen LogP contribution in [0.15, 0.2) is 30.3 Å². The third kappa shape index (κ3) is 3.24. The number of hydrogen-bond acceptors (Lipinski definition) is 3. The van der Waals surface area contributed by atoms with Gasteiger partial charge in [-0.15, -0.1) is 0 Å². The van der Waals surface area contributed by atoms with Gasteiger partial charge in [-0.2, -0.15) is 0 Å². The van der Waals surface area contributed by atoms with E-state index >= 15 is 0 Å². The highest BCUT2D eigenvalue weighted by Gasteiger charge is 2.22. The minimum Gasteiger partial charge on any atom is -0.349 e. The minimum atomic E-state index is -0.122. The number of aromatic amines is 1. The predicted molar refractivity (Wildman–Crippen MR) is 106 cm³/mol. The molecule has 0 spiro atoms. The lowest BCUT2D eigenvalue weighted by molar-refractivity contribution is -0.114. The number of carbonyl (C=O) groups is 1. The Balaban J connectivity index is 1.67. The monoisotopic (exact) mass is 388 g/mol. The molecule has 26 heavy (non-hydrogen) atoms. The molecule has 1 atom stereocenters. The largest absolute Gasteiger partial charge is 0.349 e. The molecule has 1 aliphatic carbocycles. The van der Waals surface area contributed by atoms with Gasteiger partial charge in [0.2, 0.25) is 11.9 Å². The third-order valence-electron chi connectivity index (χ3n) is 4.63. The molecular weight excluding hydrogens is 371 g/mol. The fourth-order valence-corrected chi connectivity index (χ4v) is 3.86. The molecule has 0 saturated carbocycles. The molecule has 2 aromatic carbocycles. The highest BCUT2D eigenvalue weighted by molar-refractivity contribution is 6.42. The average Bonchev–Trinajstić information content (AvgIpc) is 3.00. The third-order valence-corrected chi connectivity index (χ3v) is 5.35. The minimum absolute atomic E-state index is 0.110. The lowest BCUT2D eigenvalue weighted by Crippen LogP contribution is -2.18. The summed E-state index contributed by atoms with van der Waals surface area (Å²) in [6.45, 7) is 1.48. The summed E-state index contributed by atoms with van der Waals surface area (Å²) in [7, 11) is 0. The molecule has 0 aliphatic heterocycles. The molecular formula is C19H18Cl2N4O. The Labute approximate surface area is 161 Å². The Bertz CT molecular complexity index is 999. The van der Waals surface area contributed by atoms with E-state index in [0.717, 1.165) is 35.9 Å². The molecule has 1 heterocycles. The van der Waals surface area contributed by atoms with Gasteiger partial charge in [0.1, 0.15) is 5.52 Å². The number of H-pyrrole nitrogens is 1. The van der Waals surface area contributed by atoms with E-state index in [1.54, 1.807) is 0 Å². The molecule has 0 saturated heterocycles. The smallest absolute Gasteiger partial charge is 0.221 e. The number of rotatable bonds is 3. The zero-order chi connectivity index (χ0) is 18.3. The van der Waals surface area contributed by atoms with E-state index in [0.29, 0.717) is 21.7 Å². The summed E-state index contributed by atoms with van der Waals surface area (Å²) < 4.78 is 0. The SMILES string of the molecule is CC(=O)Nc1cccc2[nH]c(NC3CCCc4cc(Cl)c(Cl)cc43)nc12. The summed E-state index contributed by atoms with van der Waals surface area (Å²) in [5, 5.41) is 7.44. The van der Waals surface area contributed by atoms with Crippen LogP contribution in [0.25, 0.3) is 11.0 Å². The van der Waals surface area contributed by atoms with E-state index in [9.17, 15) is 4.79 Å². The van der Waals surface area contributed by atoms with Crippen LogP contribution in [0, 0.1) is 0 Å². The first-order valence-electron chi connectivity index (χ1n) is 8.52. The average molecular weight is 389 g/mol. The Kier molecular flexibility index (Phi) is 4.51. The van der Waals surface area contributed by atoms with Gasteiger partial charge in [-0.3, -0.25) is 4.79 Å². The Hall–Kier alpha value is -2.24. The number of carbonyl (C=O) groups excluding carboxylic acids is 1. The topological polar surface area (TPSA) is 69.8 Å². The molecule has 1 aromatic heterocycles. The van der Waals surface area contributed by atoms with Crippen LogP contribution in [0.5, 0.6) is 0 Å². The lowest BCUT2D eigenvalue weighted by atomic mass is 9.88. The second-order valence-corrected chi connectivity index (χ2v) is 7.34. The lowest BCUT2D eigenvalue weighted by Gasteiger charge is -2.26. The number of halogens is 2. The van der Waals surface area contributed by atoms with Crippen molar-refractivity contribution in [3.05, 3.63) is 51.5 Å². The van der Waals surface area contributed by atoms with Crippen molar-refractivity contribution in [2.45, 2.75) is 32.2 Å². The maximum Gasteiger partial charge on any atom is 0.221 e. The van der Waals surface area contributed by atoms with E-state index in [-0.39, 0.29) is 11.9 Å². The van der Waals surface area contributed by atoms with Crippen molar-refractivity contribution in [3.8, 4) is 0 Å². The number of imidazole rings is 1. The van der Waals surface area contributed by atoms with Crippen LogP contribution in [0.3, 0.4) is 0 Å². The van der Waals surface area contributed by atoms with Gasteiger partial charge >= 0.3 is 0 Å². The van der Waals surface area contributed by atoms with Crippen molar-refractivity contribution < 1.29 is 4.79 Å². The zero-order valence-electron chi connectivity index (χ0n) is 14.2. The maximum absolute atomic E-state index is 11.4. The first-order valence-corrected chi connectivity index (χ1v) is 9.27. The van der Waals surface area contributed by atoms with E-state index in [1.807, 2.05) is 30.3 Å². The summed E-state index contributed by atoms with van der Waals surface area (Å²) in [5.41, 5.74) is 4.67.